The van der Waals surface area contributed by atoms with Crippen LogP contribution in [0, 0.1) is 6.92 Å². The lowest BCUT2D eigenvalue weighted by Crippen LogP contribution is -2.53. The SMILES string of the molecule is Cc1cc(C(C)Nc2ccc(Cl)nc2-c2ncn(C)n2)c2c(c1)c(=O)n(C)c1c2cnn1C1CN(CC(C)(C)O)C1. The lowest BCUT2D eigenvalue weighted by molar-refractivity contribution is -0.00589. The summed E-state index contributed by atoms with van der Waals surface area (Å²) in [4.78, 5) is 24.8. The Balaban J connectivity index is 1.43. The first-order valence-corrected chi connectivity index (χ1v) is 14.0. The van der Waals surface area contributed by atoms with Gasteiger partial charge in [0.1, 0.15) is 22.8 Å². The van der Waals surface area contributed by atoms with Gasteiger partial charge < -0.3 is 10.4 Å². The number of rotatable bonds is 7. The number of aromatic nitrogens is 7. The lowest BCUT2D eigenvalue weighted by atomic mass is 9.95. The molecular formula is C29H34ClN9O2. The number of likely N-dealkylation sites (tertiary alicyclic amines) is 1. The van der Waals surface area contributed by atoms with Crippen molar-refractivity contribution in [2.24, 2.45) is 14.1 Å². The predicted molar refractivity (Wildman–Crippen MR) is 160 cm³/mol. The van der Waals surface area contributed by atoms with Crippen LogP contribution in [-0.2, 0) is 14.1 Å². The maximum Gasteiger partial charge on any atom is 0.259 e. The summed E-state index contributed by atoms with van der Waals surface area (Å²) < 4.78 is 5.29. The number of benzene rings is 1. The molecule has 5 heterocycles. The maximum atomic E-state index is 13.8. The average molecular weight is 576 g/mol. The molecule has 11 nitrogen and oxygen atoms in total. The summed E-state index contributed by atoms with van der Waals surface area (Å²) in [5.41, 5.74) is 3.23. The van der Waals surface area contributed by atoms with E-state index >= 15 is 0 Å². The number of pyridine rings is 2. The van der Waals surface area contributed by atoms with Crippen molar-refractivity contribution in [1.29, 1.82) is 0 Å². The smallest absolute Gasteiger partial charge is 0.259 e. The highest BCUT2D eigenvalue weighted by atomic mass is 35.5. The van der Waals surface area contributed by atoms with E-state index in [9.17, 15) is 9.90 Å². The van der Waals surface area contributed by atoms with Crippen LogP contribution >= 0.6 is 11.6 Å². The Morgan fingerprint density at radius 2 is 1.95 bits per heavy atom. The molecule has 5 aromatic rings. The van der Waals surface area contributed by atoms with Crippen LogP contribution in [0.2, 0.25) is 5.15 Å². The van der Waals surface area contributed by atoms with Crippen molar-refractivity contribution in [3.63, 3.8) is 0 Å². The number of anilines is 1. The molecule has 12 heteroatoms. The van der Waals surface area contributed by atoms with Crippen LogP contribution in [0.4, 0.5) is 5.69 Å². The van der Waals surface area contributed by atoms with E-state index in [1.165, 1.54) is 0 Å². The number of nitrogens with zero attached hydrogens (tertiary/aromatic N) is 8. The molecule has 1 aliphatic heterocycles. The van der Waals surface area contributed by atoms with E-state index < -0.39 is 5.60 Å². The number of aliphatic hydroxyl groups is 1. The van der Waals surface area contributed by atoms with Gasteiger partial charge in [-0.25, -0.2) is 14.6 Å². The molecule has 2 N–H and O–H groups in total. The van der Waals surface area contributed by atoms with E-state index in [0.29, 0.717) is 28.6 Å². The zero-order valence-corrected chi connectivity index (χ0v) is 24.8. The van der Waals surface area contributed by atoms with Crippen molar-refractivity contribution in [3.8, 4) is 11.5 Å². The molecule has 1 fully saturated rings. The van der Waals surface area contributed by atoms with Crippen LogP contribution in [0.15, 0.2) is 41.6 Å². The number of aryl methyl sites for hydroxylation is 3. The first kappa shape index (κ1) is 27.4. The van der Waals surface area contributed by atoms with Gasteiger partial charge in [0.2, 0.25) is 5.82 Å². The third-order valence-electron chi connectivity index (χ3n) is 7.61. The Morgan fingerprint density at radius 3 is 2.63 bits per heavy atom. The first-order valence-electron chi connectivity index (χ1n) is 13.6. The van der Waals surface area contributed by atoms with Gasteiger partial charge in [0, 0.05) is 55.9 Å². The fourth-order valence-corrected chi connectivity index (χ4v) is 6.04. The highest BCUT2D eigenvalue weighted by molar-refractivity contribution is 6.29. The molecule has 41 heavy (non-hydrogen) atoms. The molecule has 214 valence electrons. The Hall–Kier alpha value is -3.80. The predicted octanol–water partition coefficient (Wildman–Crippen LogP) is 3.84. The topological polar surface area (TPSA) is 119 Å². The molecule has 1 aliphatic rings. The lowest BCUT2D eigenvalue weighted by Gasteiger charge is -2.42. The summed E-state index contributed by atoms with van der Waals surface area (Å²) in [6, 6.07) is 7.59. The Kier molecular flexibility index (Phi) is 6.63. The first-order chi connectivity index (χ1) is 19.4. The molecule has 0 radical (unpaired) electrons. The Morgan fingerprint density at radius 1 is 1.20 bits per heavy atom. The van der Waals surface area contributed by atoms with Crippen LogP contribution in [0.25, 0.3) is 33.3 Å². The number of nitrogens with one attached hydrogen (secondary N) is 1. The molecule has 6 rings (SSSR count). The van der Waals surface area contributed by atoms with Gasteiger partial charge in [-0.1, -0.05) is 17.7 Å². The minimum absolute atomic E-state index is 0.0643. The van der Waals surface area contributed by atoms with E-state index in [-0.39, 0.29) is 17.6 Å². The fraction of sp³-hybridized carbons (Fsp3) is 0.414. The van der Waals surface area contributed by atoms with Crippen LogP contribution in [0.3, 0.4) is 0 Å². The summed E-state index contributed by atoms with van der Waals surface area (Å²) in [6.07, 6.45) is 3.49. The molecule has 0 bridgehead atoms. The number of hydrogen-bond acceptors (Lipinski definition) is 8. The van der Waals surface area contributed by atoms with Crippen molar-refractivity contribution in [2.45, 2.75) is 45.4 Å². The summed E-state index contributed by atoms with van der Waals surface area (Å²) in [5, 5.41) is 25.8. The zero-order chi connectivity index (χ0) is 29.2. The molecule has 1 atom stereocenters. The van der Waals surface area contributed by atoms with Crippen molar-refractivity contribution >= 4 is 39.1 Å². The third-order valence-corrected chi connectivity index (χ3v) is 7.82. The zero-order valence-electron chi connectivity index (χ0n) is 24.1. The van der Waals surface area contributed by atoms with E-state index in [4.69, 9.17) is 16.7 Å². The van der Waals surface area contributed by atoms with E-state index in [0.717, 1.165) is 46.3 Å². The van der Waals surface area contributed by atoms with Crippen molar-refractivity contribution in [3.05, 3.63) is 63.4 Å². The highest BCUT2D eigenvalue weighted by Crippen LogP contribution is 2.36. The molecule has 1 unspecified atom stereocenters. The molecule has 0 spiro atoms. The van der Waals surface area contributed by atoms with Gasteiger partial charge in [-0.05, 0) is 57.0 Å². The summed E-state index contributed by atoms with van der Waals surface area (Å²) in [7, 11) is 3.61. The minimum atomic E-state index is -0.762. The molecule has 1 aromatic carbocycles. The second-order valence-corrected chi connectivity index (χ2v) is 12.2. The summed E-state index contributed by atoms with van der Waals surface area (Å²) in [5.74, 6) is 0.468. The third kappa shape index (κ3) is 4.98. The highest BCUT2D eigenvalue weighted by Gasteiger charge is 2.34. The van der Waals surface area contributed by atoms with Gasteiger partial charge in [-0.15, -0.1) is 5.10 Å². The van der Waals surface area contributed by atoms with E-state index in [2.05, 4.69) is 38.3 Å². The van der Waals surface area contributed by atoms with Gasteiger partial charge in [0.25, 0.3) is 5.56 Å². The molecule has 4 aromatic heterocycles. The number of hydrogen-bond donors (Lipinski definition) is 2. The Labute approximate surface area is 242 Å². The second kappa shape index (κ2) is 9.93. The van der Waals surface area contributed by atoms with Gasteiger partial charge >= 0.3 is 0 Å². The van der Waals surface area contributed by atoms with Crippen LogP contribution in [-0.4, -0.2) is 69.3 Å². The minimum Gasteiger partial charge on any atom is -0.389 e. The standard InChI is InChI=1S/C29H34ClN9O2/c1-16-9-19(17(2)33-22-7-8-23(30)34-25(22)26-31-15-36(5)35-26)24-20(10-16)28(40)37(6)27-21(24)11-32-39(27)18-12-38(13-18)14-29(3,4)41/h7-11,15,17-18,33,41H,12-14H2,1-6H3. The van der Waals surface area contributed by atoms with Crippen molar-refractivity contribution in [1.82, 2.24) is 39.0 Å². The molecule has 1 saturated heterocycles. The average Bonchev–Trinajstić information content (AvgIpc) is 3.51. The largest absolute Gasteiger partial charge is 0.389 e. The molecule has 0 amide bonds. The quantitative estimate of drug-likeness (QED) is 0.281. The van der Waals surface area contributed by atoms with E-state index in [1.54, 1.807) is 28.7 Å². The summed E-state index contributed by atoms with van der Waals surface area (Å²) in [6.45, 7) is 9.81. The maximum absolute atomic E-state index is 13.8. The van der Waals surface area contributed by atoms with E-state index in [1.807, 2.05) is 50.8 Å². The monoisotopic (exact) mass is 575 g/mol. The number of fused-ring (bicyclic) bond motifs is 3. The van der Waals surface area contributed by atoms with Crippen LogP contribution in [0.1, 0.15) is 44.0 Å². The normalized spacial score (nSPS) is 15.5. The van der Waals surface area contributed by atoms with Crippen molar-refractivity contribution in [2.75, 3.05) is 25.0 Å². The Bertz CT molecular complexity index is 1840. The fourth-order valence-electron chi connectivity index (χ4n) is 5.89. The van der Waals surface area contributed by atoms with Crippen LogP contribution in [0.5, 0.6) is 0 Å². The summed E-state index contributed by atoms with van der Waals surface area (Å²) >= 11 is 6.25. The number of β-amino-alcohol motifs (C(OH)–C–C–N with tert-alkyl or cyclic N) is 1. The molecule has 0 aliphatic carbocycles. The van der Waals surface area contributed by atoms with Gasteiger partial charge in [0.05, 0.1) is 23.5 Å². The number of halogens is 1. The van der Waals surface area contributed by atoms with Crippen molar-refractivity contribution < 1.29 is 5.11 Å². The van der Waals surface area contributed by atoms with Gasteiger partial charge in [-0.3, -0.25) is 18.9 Å². The van der Waals surface area contributed by atoms with Crippen LogP contribution < -0.4 is 10.9 Å². The second-order valence-electron chi connectivity index (χ2n) is 11.8. The molecule has 0 saturated carbocycles. The van der Waals surface area contributed by atoms with Gasteiger partial charge in [0.15, 0.2) is 0 Å². The molecular weight excluding hydrogens is 542 g/mol. The van der Waals surface area contributed by atoms with Gasteiger partial charge in [-0.2, -0.15) is 5.10 Å².